The smallest absolute Gasteiger partial charge is 0.312 e. The molecule has 88 valence electrons. The van der Waals surface area contributed by atoms with Crippen LogP contribution < -0.4 is 0 Å². The summed E-state index contributed by atoms with van der Waals surface area (Å²) in [6.07, 6.45) is 1.60. The van der Waals surface area contributed by atoms with Gasteiger partial charge in [-0.3, -0.25) is 4.79 Å². The molecule has 0 fully saturated rings. The first kappa shape index (κ1) is 14.2. The van der Waals surface area contributed by atoms with Crippen LogP contribution in [0.3, 0.4) is 0 Å². The maximum atomic E-state index is 12.0. The van der Waals surface area contributed by atoms with E-state index in [1.165, 1.54) is 0 Å². The molecule has 0 bridgehead atoms. The van der Waals surface area contributed by atoms with Gasteiger partial charge in [-0.05, 0) is 18.3 Å². The van der Waals surface area contributed by atoms with Crippen molar-refractivity contribution in [3.05, 3.63) is 12.7 Å². The van der Waals surface area contributed by atoms with Crippen LogP contribution in [-0.4, -0.2) is 12.6 Å². The number of carbonyl (C=O) groups is 1. The summed E-state index contributed by atoms with van der Waals surface area (Å²) in [5.41, 5.74) is -0.574. The van der Waals surface area contributed by atoms with E-state index < -0.39 is 5.41 Å². The van der Waals surface area contributed by atoms with E-state index in [0.29, 0.717) is 0 Å². The van der Waals surface area contributed by atoms with Gasteiger partial charge in [0, 0.05) is 0 Å². The van der Waals surface area contributed by atoms with Crippen LogP contribution in [0.5, 0.6) is 0 Å². The second kappa shape index (κ2) is 4.82. The zero-order chi connectivity index (χ0) is 12.3. The summed E-state index contributed by atoms with van der Waals surface area (Å²) < 4.78 is 5.19. The van der Waals surface area contributed by atoms with E-state index >= 15 is 0 Å². The average Bonchev–Trinajstić information content (AvgIpc) is 2.10. The topological polar surface area (TPSA) is 26.3 Å². The molecule has 2 heteroatoms. The highest BCUT2D eigenvalue weighted by molar-refractivity contribution is 5.77. The van der Waals surface area contributed by atoms with E-state index in [0.717, 1.165) is 0 Å². The van der Waals surface area contributed by atoms with E-state index in [-0.39, 0.29) is 23.9 Å². The second-order valence-electron chi connectivity index (χ2n) is 5.49. The van der Waals surface area contributed by atoms with Crippen LogP contribution in [-0.2, 0) is 9.53 Å². The number of ether oxygens (including phenoxy) is 1. The first-order valence-corrected chi connectivity index (χ1v) is 5.46. The number of rotatable bonds is 4. The summed E-state index contributed by atoms with van der Waals surface area (Å²) in [5, 5.41) is 0. The predicted octanol–water partition coefficient (Wildman–Crippen LogP) is 3.42. The Labute approximate surface area is 93.7 Å². The van der Waals surface area contributed by atoms with E-state index in [4.69, 9.17) is 4.74 Å². The molecule has 1 unspecified atom stereocenters. The van der Waals surface area contributed by atoms with E-state index in [2.05, 4.69) is 41.2 Å². The molecule has 1 atom stereocenters. The van der Waals surface area contributed by atoms with Crippen molar-refractivity contribution >= 4 is 5.97 Å². The number of carbonyl (C=O) groups excluding carboxylic acids is 1. The van der Waals surface area contributed by atoms with Crippen molar-refractivity contribution in [2.75, 3.05) is 6.61 Å². The number of hydrogen-bond donors (Lipinski definition) is 0. The molecule has 0 amide bonds. The summed E-state index contributed by atoms with van der Waals surface area (Å²) in [7, 11) is 0. The SMILES string of the molecule is C=CCOC(=O)C(C)(C(C)C)C(C)(C)C. The highest BCUT2D eigenvalue weighted by Gasteiger charge is 2.47. The van der Waals surface area contributed by atoms with Gasteiger partial charge in [0.25, 0.3) is 0 Å². The van der Waals surface area contributed by atoms with Crippen LogP contribution in [0, 0.1) is 16.7 Å². The van der Waals surface area contributed by atoms with E-state index in [1.807, 2.05) is 6.92 Å². The molecule has 0 radical (unpaired) electrons. The minimum absolute atomic E-state index is 0.112. The normalized spacial score (nSPS) is 15.9. The highest BCUT2D eigenvalue weighted by Crippen LogP contribution is 2.45. The molecule has 0 saturated carbocycles. The lowest BCUT2D eigenvalue weighted by atomic mass is 9.62. The third-order valence-electron chi connectivity index (χ3n) is 3.47. The lowest BCUT2D eigenvalue weighted by Gasteiger charge is -2.42. The quantitative estimate of drug-likeness (QED) is 0.527. The van der Waals surface area contributed by atoms with Crippen molar-refractivity contribution in [1.82, 2.24) is 0 Å². The van der Waals surface area contributed by atoms with Gasteiger partial charge in [0.05, 0.1) is 5.41 Å². The Balaban J connectivity index is 4.96. The molecule has 0 N–H and O–H groups in total. The molecule has 0 aliphatic rings. The lowest BCUT2D eigenvalue weighted by molar-refractivity contribution is -0.164. The Hall–Kier alpha value is -0.790. The molecule has 0 aromatic heterocycles. The molecular formula is C13H24O2. The van der Waals surface area contributed by atoms with Gasteiger partial charge in [-0.25, -0.2) is 0 Å². The molecule has 0 heterocycles. The van der Waals surface area contributed by atoms with Crippen LogP contribution in [0.4, 0.5) is 0 Å². The third kappa shape index (κ3) is 2.83. The van der Waals surface area contributed by atoms with Gasteiger partial charge < -0.3 is 4.74 Å². The van der Waals surface area contributed by atoms with Crippen molar-refractivity contribution in [3.8, 4) is 0 Å². The van der Waals surface area contributed by atoms with Gasteiger partial charge in [0.15, 0.2) is 0 Å². The van der Waals surface area contributed by atoms with Crippen LogP contribution in [0.2, 0.25) is 0 Å². The molecule has 2 nitrogen and oxygen atoms in total. The van der Waals surface area contributed by atoms with Crippen molar-refractivity contribution in [2.24, 2.45) is 16.7 Å². The fraction of sp³-hybridized carbons (Fsp3) is 0.769. The molecule has 0 aliphatic carbocycles. The van der Waals surface area contributed by atoms with Crippen molar-refractivity contribution in [3.63, 3.8) is 0 Å². The molecular weight excluding hydrogens is 188 g/mol. The second-order valence-corrected chi connectivity index (χ2v) is 5.49. The summed E-state index contributed by atoms with van der Waals surface area (Å²) in [6.45, 7) is 16.1. The largest absolute Gasteiger partial charge is 0.461 e. The van der Waals surface area contributed by atoms with Crippen molar-refractivity contribution in [2.45, 2.75) is 41.5 Å². The summed E-state index contributed by atoms with van der Waals surface area (Å²) in [5.74, 6) is 0.111. The Morgan fingerprint density at radius 3 is 2.07 bits per heavy atom. The highest BCUT2D eigenvalue weighted by atomic mass is 16.5. The average molecular weight is 212 g/mol. The predicted molar refractivity (Wildman–Crippen MR) is 63.6 cm³/mol. The van der Waals surface area contributed by atoms with E-state index in [9.17, 15) is 4.79 Å². The summed E-state index contributed by atoms with van der Waals surface area (Å²) in [6, 6.07) is 0. The molecule has 0 aromatic rings. The molecule has 0 spiro atoms. The Kier molecular flexibility index (Phi) is 4.57. The first-order chi connectivity index (χ1) is 6.67. The van der Waals surface area contributed by atoms with Crippen LogP contribution in [0.1, 0.15) is 41.5 Å². The fourth-order valence-electron chi connectivity index (χ4n) is 1.69. The number of esters is 1. The Morgan fingerprint density at radius 2 is 1.80 bits per heavy atom. The number of hydrogen-bond acceptors (Lipinski definition) is 2. The minimum atomic E-state index is -0.462. The summed E-state index contributed by atoms with van der Waals surface area (Å²) >= 11 is 0. The lowest BCUT2D eigenvalue weighted by Crippen LogP contribution is -2.45. The maximum Gasteiger partial charge on any atom is 0.312 e. The monoisotopic (exact) mass is 212 g/mol. The molecule has 0 aromatic carbocycles. The third-order valence-corrected chi connectivity index (χ3v) is 3.47. The van der Waals surface area contributed by atoms with Crippen LogP contribution in [0.25, 0.3) is 0 Å². The zero-order valence-electron chi connectivity index (χ0n) is 10.9. The van der Waals surface area contributed by atoms with Gasteiger partial charge in [0.2, 0.25) is 0 Å². The molecule has 0 saturated heterocycles. The van der Waals surface area contributed by atoms with Crippen molar-refractivity contribution in [1.29, 1.82) is 0 Å². The van der Waals surface area contributed by atoms with Gasteiger partial charge in [-0.1, -0.05) is 47.3 Å². The summed E-state index contributed by atoms with van der Waals surface area (Å²) in [4.78, 5) is 12.0. The first-order valence-electron chi connectivity index (χ1n) is 5.46. The van der Waals surface area contributed by atoms with Crippen LogP contribution in [0.15, 0.2) is 12.7 Å². The van der Waals surface area contributed by atoms with Gasteiger partial charge >= 0.3 is 5.97 Å². The fourth-order valence-corrected chi connectivity index (χ4v) is 1.69. The van der Waals surface area contributed by atoms with E-state index in [1.54, 1.807) is 6.08 Å². The van der Waals surface area contributed by atoms with Crippen LogP contribution >= 0.6 is 0 Å². The Morgan fingerprint density at radius 1 is 1.33 bits per heavy atom. The standard InChI is InChI=1S/C13H24O2/c1-8-9-15-11(14)13(7,10(2)3)12(4,5)6/h8,10H,1,9H2,2-7H3. The minimum Gasteiger partial charge on any atom is -0.461 e. The van der Waals surface area contributed by atoms with Gasteiger partial charge in [0.1, 0.15) is 6.61 Å². The molecule has 15 heavy (non-hydrogen) atoms. The molecule has 0 rings (SSSR count). The van der Waals surface area contributed by atoms with Gasteiger partial charge in [-0.2, -0.15) is 0 Å². The van der Waals surface area contributed by atoms with Crippen molar-refractivity contribution < 1.29 is 9.53 Å². The zero-order valence-corrected chi connectivity index (χ0v) is 10.9. The molecule has 0 aliphatic heterocycles. The maximum absolute atomic E-state index is 12.0. The van der Waals surface area contributed by atoms with Gasteiger partial charge in [-0.15, -0.1) is 0 Å². The Bertz CT molecular complexity index is 235.